The first-order valence-electron chi connectivity index (χ1n) is 4.78. The summed E-state index contributed by atoms with van der Waals surface area (Å²) in [7, 11) is 0. The molecule has 0 aliphatic heterocycles. The Kier molecular flexibility index (Phi) is 3.76. The minimum Gasteiger partial charge on any atom is -0.368 e. The van der Waals surface area contributed by atoms with Crippen molar-refractivity contribution in [2.24, 2.45) is 0 Å². The van der Waals surface area contributed by atoms with Gasteiger partial charge in [-0.1, -0.05) is 35.0 Å². The molecule has 88 valence electrons. The maximum absolute atomic E-state index is 6.07. The van der Waals surface area contributed by atoms with Crippen molar-refractivity contribution in [3.63, 3.8) is 0 Å². The van der Waals surface area contributed by atoms with Gasteiger partial charge in [0, 0.05) is 15.6 Å². The van der Waals surface area contributed by atoms with E-state index < -0.39 is 0 Å². The van der Waals surface area contributed by atoms with Crippen molar-refractivity contribution in [2.45, 2.75) is 16.8 Å². The molecule has 1 aromatic heterocycles. The van der Waals surface area contributed by atoms with Crippen molar-refractivity contribution in [2.75, 3.05) is 5.73 Å². The number of rotatable bonds is 2. The molecule has 2 N–H and O–H groups in total. The summed E-state index contributed by atoms with van der Waals surface area (Å²) in [6, 6.07) is 7.14. The topological polar surface area (TPSA) is 51.8 Å². The Morgan fingerprint density at radius 3 is 2.65 bits per heavy atom. The first-order valence-corrected chi connectivity index (χ1v) is 6.36. The van der Waals surface area contributed by atoms with Gasteiger partial charge in [-0.25, -0.2) is 9.97 Å². The molecule has 0 unspecified atom stereocenters. The fourth-order valence-electron chi connectivity index (χ4n) is 1.28. The lowest BCUT2D eigenvalue weighted by molar-refractivity contribution is 1.02. The van der Waals surface area contributed by atoms with Crippen LogP contribution in [0.3, 0.4) is 0 Å². The van der Waals surface area contributed by atoms with Crippen LogP contribution in [0.5, 0.6) is 0 Å². The Hall–Kier alpha value is -0.970. The van der Waals surface area contributed by atoms with E-state index in [-0.39, 0.29) is 5.95 Å². The van der Waals surface area contributed by atoms with Crippen LogP contribution in [0.25, 0.3) is 0 Å². The number of nitrogens with two attached hydrogens (primary N) is 1. The fraction of sp³-hybridized carbons (Fsp3) is 0.0909. The van der Waals surface area contributed by atoms with Gasteiger partial charge in [-0.05, 0) is 31.2 Å². The highest BCUT2D eigenvalue weighted by molar-refractivity contribution is 7.99. The van der Waals surface area contributed by atoms with Crippen molar-refractivity contribution in [1.82, 2.24) is 9.97 Å². The number of hydrogen-bond donors (Lipinski definition) is 1. The first kappa shape index (κ1) is 12.5. The number of nitrogens with zero attached hydrogens (tertiary/aromatic N) is 2. The summed E-state index contributed by atoms with van der Waals surface area (Å²) >= 11 is 13.4. The quantitative estimate of drug-likeness (QED) is 0.852. The van der Waals surface area contributed by atoms with E-state index in [4.69, 9.17) is 28.9 Å². The number of aryl methyl sites for hydroxylation is 1. The van der Waals surface area contributed by atoms with E-state index in [0.29, 0.717) is 10.0 Å². The highest BCUT2D eigenvalue weighted by Crippen LogP contribution is 2.34. The summed E-state index contributed by atoms with van der Waals surface area (Å²) in [5, 5.41) is 2.02. The van der Waals surface area contributed by atoms with Crippen LogP contribution in [0.2, 0.25) is 10.0 Å². The zero-order valence-electron chi connectivity index (χ0n) is 8.95. The molecule has 2 aromatic rings. The predicted molar refractivity (Wildman–Crippen MR) is 71.8 cm³/mol. The lowest BCUT2D eigenvalue weighted by Crippen LogP contribution is -1.97. The SMILES string of the molecule is Cc1cc(Sc2cc(Cl)ccc2Cl)nc(N)n1. The monoisotopic (exact) mass is 285 g/mol. The van der Waals surface area contributed by atoms with Crippen LogP contribution in [0.4, 0.5) is 5.95 Å². The molecule has 0 spiro atoms. The van der Waals surface area contributed by atoms with Gasteiger partial charge in [0.05, 0.1) is 5.02 Å². The van der Waals surface area contributed by atoms with Crippen molar-refractivity contribution < 1.29 is 0 Å². The van der Waals surface area contributed by atoms with E-state index in [9.17, 15) is 0 Å². The Morgan fingerprint density at radius 2 is 1.94 bits per heavy atom. The predicted octanol–water partition coefficient (Wildman–Crippen LogP) is 3.83. The average molecular weight is 286 g/mol. The Bertz CT molecular complexity index is 540. The molecule has 0 bridgehead atoms. The molecule has 3 nitrogen and oxygen atoms in total. The summed E-state index contributed by atoms with van der Waals surface area (Å²) in [5.41, 5.74) is 6.40. The number of benzene rings is 1. The van der Waals surface area contributed by atoms with Crippen LogP contribution in [-0.2, 0) is 0 Å². The Morgan fingerprint density at radius 1 is 1.18 bits per heavy atom. The first-order chi connectivity index (χ1) is 8.04. The summed E-state index contributed by atoms with van der Waals surface area (Å²) in [5.74, 6) is 0.255. The lowest BCUT2D eigenvalue weighted by atomic mass is 10.4. The highest BCUT2D eigenvalue weighted by atomic mass is 35.5. The molecular weight excluding hydrogens is 277 g/mol. The van der Waals surface area contributed by atoms with Crippen LogP contribution in [-0.4, -0.2) is 9.97 Å². The van der Waals surface area contributed by atoms with E-state index in [1.165, 1.54) is 11.8 Å². The molecular formula is C11H9Cl2N3S. The van der Waals surface area contributed by atoms with Gasteiger partial charge in [0.15, 0.2) is 0 Å². The number of anilines is 1. The second kappa shape index (κ2) is 5.12. The number of hydrogen-bond acceptors (Lipinski definition) is 4. The average Bonchev–Trinajstić information content (AvgIpc) is 2.22. The molecule has 17 heavy (non-hydrogen) atoms. The van der Waals surface area contributed by atoms with Gasteiger partial charge in [0.2, 0.25) is 5.95 Å². The van der Waals surface area contributed by atoms with Gasteiger partial charge in [-0.15, -0.1) is 0 Å². The molecule has 1 heterocycles. The summed E-state index contributed by atoms with van der Waals surface area (Å²) in [6.45, 7) is 1.86. The second-order valence-electron chi connectivity index (χ2n) is 3.38. The van der Waals surface area contributed by atoms with E-state index in [1.807, 2.05) is 13.0 Å². The Balaban J connectivity index is 2.34. The second-order valence-corrected chi connectivity index (χ2v) is 5.29. The van der Waals surface area contributed by atoms with Gasteiger partial charge in [-0.2, -0.15) is 0 Å². The molecule has 0 atom stereocenters. The number of nitrogen functional groups attached to an aromatic ring is 1. The van der Waals surface area contributed by atoms with Gasteiger partial charge >= 0.3 is 0 Å². The molecule has 0 fully saturated rings. The van der Waals surface area contributed by atoms with Crippen molar-refractivity contribution in [1.29, 1.82) is 0 Å². The van der Waals surface area contributed by atoms with Crippen LogP contribution >= 0.6 is 35.0 Å². The third kappa shape index (κ3) is 3.25. The molecule has 2 rings (SSSR count). The van der Waals surface area contributed by atoms with Gasteiger partial charge in [0.25, 0.3) is 0 Å². The molecule has 0 amide bonds. The van der Waals surface area contributed by atoms with Crippen LogP contribution in [0, 0.1) is 6.92 Å². The van der Waals surface area contributed by atoms with Crippen molar-refractivity contribution >= 4 is 40.9 Å². The van der Waals surface area contributed by atoms with Gasteiger partial charge < -0.3 is 5.73 Å². The van der Waals surface area contributed by atoms with Crippen LogP contribution in [0.1, 0.15) is 5.69 Å². The zero-order valence-corrected chi connectivity index (χ0v) is 11.3. The van der Waals surface area contributed by atoms with Gasteiger partial charge in [0.1, 0.15) is 5.03 Å². The molecule has 0 radical (unpaired) electrons. The molecule has 6 heteroatoms. The number of halogens is 2. The molecule has 0 aliphatic carbocycles. The van der Waals surface area contributed by atoms with Gasteiger partial charge in [-0.3, -0.25) is 0 Å². The maximum Gasteiger partial charge on any atom is 0.221 e. The third-order valence-corrected chi connectivity index (χ3v) is 3.61. The third-order valence-electron chi connectivity index (χ3n) is 1.96. The normalized spacial score (nSPS) is 10.5. The minimum atomic E-state index is 0.255. The summed E-state index contributed by atoms with van der Waals surface area (Å²) in [6.07, 6.45) is 0. The van der Waals surface area contributed by atoms with E-state index in [0.717, 1.165) is 15.6 Å². The van der Waals surface area contributed by atoms with Crippen molar-refractivity contribution in [3.05, 3.63) is 40.0 Å². The van der Waals surface area contributed by atoms with Crippen LogP contribution in [0.15, 0.2) is 34.2 Å². The largest absolute Gasteiger partial charge is 0.368 e. The Labute approximate surface area is 113 Å². The minimum absolute atomic E-state index is 0.255. The van der Waals surface area contributed by atoms with E-state index in [2.05, 4.69) is 9.97 Å². The van der Waals surface area contributed by atoms with E-state index >= 15 is 0 Å². The number of aromatic nitrogens is 2. The van der Waals surface area contributed by atoms with Crippen LogP contribution < -0.4 is 5.73 Å². The highest BCUT2D eigenvalue weighted by Gasteiger charge is 2.06. The molecule has 0 saturated heterocycles. The molecule has 0 saturated carbocycles. The summed E-state index contributed by atoms with van der Waals surface area (Å²) in [4.78, 5) is 8.98. The van der Waals surface area contributed by atoms with Crippen molar-refractivity contribution in [3.8, 4) is 0 Å². The fourth-order valence-corrected chi connectivity index (χ4v) is 2.70. The molecule has 0 aliphatic rings. The summed E-state index contributed by atoms with van der Waals surface area (Å²) < 4.78 is 0. The smallest absolute Gasteiger partial charge is 0.221 e. The zero-order chi connectivity index (χ0) is 12.4. The maximum atomic E-state index is 6.07. The lowest BCUT2D eigenvalue weighted by Gasteiger charge is -2.05. The molecule has 1 aromatic carbocycles. The van der Waals surface area contributed by atoms with E-state index in [1.54, 1.807) is 18.2 Å². The standard InChI is InChI=1S/C11H9Cl2N3S/c1-6-4-10(16-11(14)15-6)17-9-5-7(12)2-3-8(9)13/h2-5H,1H3,(H2,14,15,16).